The highest BCUT2D eigenvalue weighted by Crippen LogP contribution is 2.30. The molecule has 1 aromatic carbocycles. The molecular weight excluding hydrogens is 272 g/mol. The van der Waals surface area contributed by atoms with Crippen molar-refractivity contribution in [3.63, 3.8) is 0 Å². The quantitative estimate of drug-likeness (QED) is 0.884. The average Bonchev–Trinajstić information content (AvgIpc) is 2.86. The Balaban J connectivity index is 1.80. The molecule has 3 rings (SSSR count). The zero-order chi connectivity index (χ0) is 15.7. The number of aromatic nitrogens is 1. The van der Waals surface area contributed by atoms with Crippen LogP contribution in [-0.2, 0) is 17.6 Å². The second-order valence-electron chi connectivity index (χ2n) is 6.59. The summed E-state index contributed by atoms with van der Waals surface area (Å²) < 4.78 is 0. The van der Waals surface area contributed by atoms with Crippen molar-refractivity contribution in [3.05, 3.63) is 35.0 Å². The summed E-state index contributed by atoms with van der Waals surface area (Å²) in [7, 11) is 0. The molecule has 0 saturated heterocycles. The van der Waals surface area contributed by atoms with Crippen LogP contribution in [0.15, 0.2) is 18.2 Å². The fraction of sp³-hybridized carbons (Fsp3) is 0.526. The van der Waals surface area contributed by atoms with E-state index in [9.17, 15) is 4.79 Å². The lowest BCUT2D eigenvalue weighted by atomic mass is 9.90. The zero-order valence-corrected chi connectivity index (χ0v) is 13.8. The molecule has 1 aliphatic rings. The first kappa shape index (κ1) is 15.1. The standard InChI is InChI=1S/C19H26N2O/c1-4-13(5-2)19(22)20-14-7-9-18-16(11-14)15-10-12(3)6-8-17(15)21-18/h6,8,10,13-14,21H,4-5,7,9,11H2,1-3H3,(H,20,22). The molecule has 118 valence electrons. The van der Waals surface area contributed by atoms with Gasteiger partial charge >= 0.3 is 0 Å². The van der Waals surface area contributed by atoms with Gasteiger partial charge in [0.2, 0.25) is 5.91 Å². The largest absolute Gasteiger partial charge is 0.358 e. The first-order valence-corrected chi connectivity index (χ1v) is 8.52. The number of carbonyl (C=O) groups excluding carboxylic acids is 1. The normalized spacial score (nSPS) is 17.7. The molecule has 1 atom stereocenters. The number of amides is 1. The lowest BCUT2D eigenvalue weighted by Gasteiger charge is -2.25. The molecule has 1 heterocycles. The summed E-state index contributed by atoms with van der Waals surface area (Å²) >= 11 is 0. The van der Waals surface area contributed by atoms with Gasteiger partial charge in [0.15, 0.2) is 0 Å². The zero-order valence-electron chi connectivity index (χ0n) is 13.8. The molecule has 3 heteroatoms. The van der Waals surface area contributed by atoms with E-state index >= 15 is 0 Å². The average molecular weight is 298 g/mol. The summed E-state index contributed by atoms with van der Waals surface area (Å²) in [6, 6.07) is 6.85. The van der Waals surface area contributed by atoms with Crippen molar-refractivity contribution < 1.29 is 4.79 Å². The smallest absolute Gasteiger partial charge is 0.223 e. The van der Waals surface area contributed by atoms with Crippen molar-refractivity contribution in [2.45, 2.75) is 58.9 Å². The number of carbonyl (C=O) groups is 1. The van der Waals surface area contributed by atoms with Crippen LogP contribution in [0.5, 0.6) is 0 Å². The van der Waals surface area contributed by atoms with Gasteiger partial charge in [-0.15, -0.1) is 0 Å². The molecule has 0 radical (unpaired) electrons. The lowest BCUT2D eigenvalue weighted by molar-refractivity contribution is -0.126. The Bertz CT molecular complexity index is 682. The second kappa shape index (κ2) is 6.15. The highest BCUT2D eigenvalue weighted by molar-refractivity contribution is 5.86. The summed E-state index contributed by atoms with van der Waals surface area (Å²) in [6.45, 7) is 6.32. The topological polar surface area (TPSA) is 44.9 Å². The van der Waals surface area contributed by atoms with E-state index in [2.05, 4.69) is 49.3 Å². The highest BCUT2D eigenvalue weighted by Gasteiger charge is 2.25. The molecule has 0 spiro atoms. The molecule has 2 N–H and O–H groups in total. The van der Waals surface area contributed by atoms with E-state index in [-0.39, 0.29) is 17.9 Å². The Kier molecular flexibility index (Phi) is 4.23. The van der Waals surface area contributed by atoms with Gasteiger partial charge < -0.3 is 10.3 Å². The number of rotatable bonds is 4. The fourth-order valence-electron chi connectivity index (χ4n) is 3.63. The monoisotopic (exact) mass is 298 g/mol. The number of aromatic amines is 1. The summed E-state index contributed by atoms with van der Waals surface area (Å²) in [5.74, 6) is 0.390. The molecule has 1 aromatic heterocycles. The van der Waals surface area contributed by atoms with Gasteiger partial charge in [-0.2, -0.15) is 0 Å². The molecule has 22 heavy (non-hydrogen) atoms. The van der Waals surface area contributed by atoms with Crippen molar-refractivity contribution in [2.75, 3.05) is 0 Å². The first-order chi connectivity index (χ1) is 10.6. The maximum Gasteiger partial charge on any atom is 0.223 e. The summed E-state index contributed by atoms with van der Waals surface area (Å²) in [4.78, 5) is 15.9. The Labute approximate surface area is 132 Å². The lowest BCUT2D eigenvalue weighted by Crippen LogP contribution is -2.41. The van der Waals surface area contributed by atoms with E-state index in [1.807, 2.05) is 0 Å². The van der Waals surface area contributed by atoms with Gasteiger partial charge in [-0.3, -0.25) is 4.79 Å². The number of H-pyrrole nitrogens is 1. The Morgan fingerprint density at radius 3 is 2.86 bits per heavy atom. The van der Waals surface area contributed by atoms with Gasteiger partial charge in [-0.1, -0.05) is 25.5 Å². The molecule has 1 amide bonds. The van der Waals surface area contributed by atoms with Crippen LogP contribution >= 0.6 is 0 Å². The fourth-order valence-corrected chi connectivity index (χ4v) is 3.63. The summed E-state index contributed by atoms with van der Waals surface area (Å²) in [6.07, 6.45) is 4.85. The molecule has 0 fully saturated rings. The van der Waals surface area contributed by atoms with Crippen LogP contribution in [0.1, 0.15) is 49.9 Å². The maximum atomic E-state index is 12.3. The minimum atomic E-state index is 0.159. The van der Waals surface area contributed by atoms with Crippen LogP contribution in [0.25, 0.3) is 10.9 Å². The van der Waals surface area contributed by atoms with Gasteiger partial charge in [-0.25, -0.2) is 0 Å². The van der Waals surface area contributed by atoms with Gasteiger partial charge in [0.1, 0.15) is 0 Å². The maximum absolute atomic E-state index is 12.3. The van der Waals surface area contributed by atoms with Crippen molar-refractivity contribution in [3.8, 4) is 0 Å². The van der Waals surface area contributed by atoms with Gasteiger partial charge in [0.25, 0.3) is 0 Å². The van der Waals surface area contributed by atoms with Crippen LogP contribution in [0.4, 0.5) is 0 Å². The van der Waals surface area contributed by atoms with Crippen molar-refractivity contribution in [1.29, 1.82) is 0 Å². The highest BCUT2D eigenvalue weighted by atomic mass is 16.1. The van der Waals surface area contributed by atoms with E-state index < -0.39 is 0 Å². The van der Waals surface area contributed by atoms with E-state index in [0.717, 1.165) is 32.1 Å². The Morgan fingerprint density at radius 2 is 2.14 bits per heavy atom. The third-order valence-corrected chi connectivity index (χ3v) is 5.05. The summed E-state index contributed by atoms with van der Waals surface area (Å²) in [5.41, 5.74) is 5.27. The third-order valence-electron chi connectivity index (χ3n) is 5.05. The van der Waals surface area contributed by atoms with E-state index in [4.69, 9.17) is 0 Å². The minimum absolute atomic E-state index is 0.159. The Morgan fingerprint density at radius 1 is 1.36 bits per heavy atom. The molecular formula is C19H26N2O. The molecule has 0 saturated carbocycles. The first-order valence-electron chi connectivity index (χ1n) is 8.52. The molecule has 1 aliphatic carbocycles. The molecule has 3 nitrogen and oxygen atoms in total. The third kappa shape index (κ3) is 2.77. The van der Waals surface area contributed by atoms with Crippen molar-refractivity contribution in [2.24, 2.45) is 5.92 Å². The Hall–Kier alpha value is -1.77. The number of nitrogens with one attached hydrogen (secondary N) is 2. The number of aryl methyl sites for hydroxylation is 2. The van der Waals surface area contributed by atoms with Crippen LogP contribution in [-0.4, -0.2) is 16.9 Å². The molecule has 0 aliphatic heterocycles. The number of hydrogen-bond donors (Lipinski definition) is 2. The van der Waals surface area contributed by atoms with E-state index in [1.165, 1.54) is 27.7 Å². The molecule has 2 aromatic rings. The van der Waals surface area contributed by atoms with Gasteiger partial charge in [0.05, 0.1) is 0 Å². The van der Waals surface area contributed by atoms with Crippen LogP contribution in [0.3, 0.4) is 0 Å². The molecule has 1 unspecified atom stereocenters. The SMILES string of the molecule is CCC(CC)C(=O)NC1CCc2[nH]c3ccc(C)cc3c2C1. The number of hydrogen-bond acceptors (Lipinski definition) is 1. The van der Waals surface area contributed by atoms with Crippen LogP contribution < -0.4 is 5.32 Å². The van der Waals surface area contributed by atoms with Gasteiger partial charge in [0, 0.05) is 28.6 Å². The predicted octanol–water partition coefficient (Wildman–Crippen LogP) is 3.89. The summed E-state index contributed by atoms with van der Waals surface area (Å²) in [5, 5.41) is 4.61. The molecule has 0 bridgehead atoms. The number of fused-ring (bicyclic) bond motifs is 3. The van der Waals surface area contributed by atoms with Crippen molar-refractivity contribution >= 4 is 16.8 Å². The van der Waals surface area contributed by atoms with Crippen molar-refractivity contribution in [1.82, 2.24) is 10.3 Å². The second-order valence-corrected chi connectivity index (χ2v) is 6.59. The van der Waals surface area contributed by atoms with Gasteiger partial charge in [-0.05, 0) is 56.7 Å². The van der Waals surface area contributed by atoms with Crippen LogP contribution in [0, 0.1) is 12.8 Å². The van der Waals surface area contributed by atoms with E-state index in [0.29, 0.717) is 0 Å². The predicted molar refractivity (Wildman–Crippen MR) is 91.1 cm³/mol. The van der Waals surface area contributed by atoms with E-state index in [1.54, 1.807) is 0 Å². The minimum Gasteiger partial charge on any atom is -0.358 e. The van der Waals surface area contributed by atoms with Crippen LogP contribution in [0.2, 0.25) is 0 Å². The number of benzene rings is 1.